The molecule has 0 fully saturated rings. The largest absolute Gasteiger partial charge is 0.357 e. The molecule has 1 atom stereocenters. The van der Waals surface area contributed by atoms with Gasteiger partial charge in [-0.25, -0.2) is 4.39 Å². The predicted molar refractivity (Wildman–Crippen MR) is 59.1 cm³/mol. The molecule has 0 radical (unpaired) electrons. The monoisotopic (exact) mass is 261 g/mol. The van der Waals surface area contributed by atoms with Gasteiger partial charge >= 0.3 is 0 Å². The molecule has 0 saturated heterocycles. The second kappa shape index (κ2) is 5.24. The average molecular weight is 261 g/mol. The van der Waals surface area contributed by atoms with E-state index in [2.05, 4.69) is 9.50 Å². The maximum Gasteiger partial charge on any atom is 0.265 e. The molecule has 94 valence electrons. The number of nitrogens with one attached hydrogen (secondary N) is 1. The summed E-state index contributed by atoms with van der Waals surface area (Å²) >= 11 is 0. The standard InChI is InChI=1S/C10H12FNO4S/c1-12-10(13)9(16-17(2,14)15)7-3-5-8(11)6-4-7/h3-6,9H,1-2H3,(H,12,13). The van der Waals surface area contributed by atoms with E-state index in [1.54, 1.807) is 0 Å². The number of carbonyl (C=O) groups excluding carboxylic acids is 1. The van der Waals surface area contributed by atoms with Crippen LogP contribution in [0, 0.1) is 5.82 Å². The van der Waals surface area contributed by atoms with Crippen LogP contribution in [0.2, 0.25) is 0 Å². The van der Waals surface area contributed by atoms with Gasteiger partial charge < -0.3 is 5.32 Å². The van der Waals surface area contributed by atoms with Crippen molar-refractivity contribution in [3.8, 4) is 0 Å². The lowest BCUT2D eigenvalue weighted by atomic mass is 10.1. The zero-order chi connectivity index (χ0) is 13.1. The molecule has 0 aromatic heterocycles. The third-order valence-electron chi connectivity index (χ3n) is 1.93. The fraction of sp³-hybridized carbons (Fsp3) is 0.300. The van der Waals surface area contributed by atoms with E-state index in [1.807, 2.05) is 0 Å². The molecule has 7 heteroatoms. The van der Waals surface area contributed by atoms with Crippen molar-refractivity contribution in [1.29, 1.82) is 0 Å². The van der Waals surface area contributed by atoms with Crippen molar-refractivity contribution < 1.29 is 21.8 Å². The number of carbonyl (C=O) groups is 1. The van der Waals surface area contributed by atoms with E-state index in [4.69, 9.17) is 0 Å². The molecule has 0 aliphatic heterocycles. The second-order valence-corrected chi connectivity index (χ2v) is 4.95. The van der Waals surface area contributed by atoms with E-state index < -0.39 is 27.9 Å². The minimum Gasteiger partial charge on any atom is -0.357 e. The first-order valence-corrected chi connectivity index (χ1v) is 6.50. The van der Waals surface area contributed by atoms with Gasteiger partial charge in [0.1, 0.15) is 5.82 Å². The quantitative estimate of drug-likeness (QED) is 0.805. The molecule has 1 rings (SSSR count). The first-order valence-electron chi connectivity index (χ1n) is 4.69. The Morgan fingerprint density at radius 1 is 1.35 bits per heavy atom. The number of likely N-dealkylation sites (N-methyl/N-ethyl adjacent to an activating group) is 1. The Bertz CT molecular complexity index is 498. The van der Waals surface area contributed by atoms with Crippen LogP contribution in [0.5, 0.6) is 0 Å². The lowest BCUT2D eigenvalue weighted by molar-refractivity contribution is -0.127. The molecular weight excluding hydrogens is 249 g/mol. The van der Waals surface area contributed by atoms with Gasteiger partial charge in [0.25, 0.3) is 16.0 Å². The molecule has 0 heterocycles. The van der Waals surface area contributed by atoms with Crippen LogP contribution in [0.15, 0.2) is 24.3 Å². The summed E-state index contributed by atoms with van der Waals surface area (Å²) in [7, 11) is -2.44. The molecule has 0 aliphatic rings. The van der Waals surface area contributed by atoms with Crippen LogP contribution in [0.1, 0.15) is 11.7 Å². The summed E-state index contributed by atoms with van der Waals surface area (Å²) in [6.07, 6.45) is -0.470. The van der Waals surface area contributed by atoms with Crippen molar-refractivity contribution >= 4 is 16.0 Å². The van der Waals surface area contributed by atoms with Crippen LogP contribution in [0.3, 0.4) is 0 Å². The van der Waals surface area contributed by atoms with Crippen molar-refractivity contribution in [2.24, 2.45) is 0 Å². The van der Waals surface area contributed by atoms with Crippen molar-refractivity contribution in [1.82, 2.24) is 5.32 Å². The second-order valence-electron chi connectivity index (χ2n) is 3.35. The molecule has 1 amide bonds. The molecule has 1 aromatic rings. The summed E-state index contributed by atoms with van der Waals surface area (Å²) in [5.74, 6) is -1.11. The highest BCUT2D eigenvalue weighted by Crippen LogP contribution is 2.20. The van der Waals surface area contributed by atoms with Crippen LogP contribution in [0.25, 0.3) is 0 Å². The third kappa shape index (κ3) is 4.12. The Balaban J connectivity index is 3.06. The summed E-state index contributed by atoms with van der Waals surface area (Å²) < 4.78 is 39.4. The Morgan fingerprint density at radius 3 is 2.29 bits per heavy atom. The summed E-state index contributed by atoms with van der Waals surface area (Å²) in [5, 5.41) is 2.28. The Hall–Kier alpha value is -1.47. The van der Waals surface area contributed by atoms with Gasteiger partial charge in [-0.3, -0.25) is 8.98 Å². The highest BCUT2D eigenvalue weighted by atomic mass is 32.2. The van der Waals surface area contributed by atoms with Crippen LogP contribution in [-0.4, -0.2) is 27.6 Å². The third-order valence-corrected chi connectivity index (χ3v) is 2.47. The lowest BCUT2D eigenvalue weighted by Crippen LogP contribution is -2.29. The van der Waals surface area contributed by atoms with Crippen LogP contribution in [0.4, 0.5) is 4.39 Å². The number of hydrogen-bond donors (Lipinski definition) is 1. The molecule has 17 heavy (non-hydrogen) atoms. The minimum absolute atomic E-state index is 0.260. The molecule has 0 aliphatic carbocycles. The normalized spacial score (nSPS) is 13.1. The zero-order valence-electron chi connectivity index (χ0n) is 9.31. The fourth-order valence-corrected chi connectivity index (χ4v) is 1.74. The molecule has 0 saturated carbocycles. The first kappa shape index (κ1) is 13.6. The topological polar surface area (TPSA) is 72.5 Å². The number of halogens is 1. The van der Waals surface area contributed by atoms with Gasteiger partial charge in [-0.1, -0.05) is 12.1 Å². The zero-order valence-corrected chi connectivity index (χ0v) is 10.1. The van der Waals surface area contributed by atoms with Gasteiger partial charge in [0, 0.05) is 7.05 Å². The molecule has 1 unspecified atom stereocenters. The lowest BCUT2D eigenvalue weighted by Gasteiger charge is -2.14. The van der Waals surface area contributed by atoms with Crippen molar-refractivity contribution in [2.45, 2.75) is 6.10 Å². The molecule has 0 bridgehead atoms. The molecule has 1 N–H and O–H groups in total. The van der Waals surface area contributed by atoms with E-state index >= 15 is 0 Å². The fourth-order valence-electron chi connectivity index (χ4n) is 1.19. The maximum absolute atomic E-state index is 12.7. The maximum atomic E-state index is 12.7. The van der Waals surface area contributed by atoms with Crippen LogP contribution >= 0.6 is 0 Å². The number of amides is 1. The predicted octanol–water partition coefficient (Wildman–Crippen LogP) is 0.589. The summed E-state index contributed by atoms with van der Waals surface area (Å²) in [4.78, 5) is 11.5. The smallest absolute Gasteiger partial charge is 0.265 e. The van der Waals surface area contributed by atoms with Crippen LogP contribution < -0.4 is 5.32 Å². The Labute approximate surface area is 98.7 Å². The number of benzene rings is 1. The molecular formula is C10H12FNO4S. The molecule has 5 nitrogen and oxygen atoms in total. The van der Waals surface area contributed by atoms with E-state index in [1.165, 1.54) is 19.2 Å². The minimum atomic E-state index is -3.79. The Morgan fingerprint density at radius 2 is 1.88 bits per heavy atom. The van der Waals surface area contributed by atoms with E-state index in [9.17, 15) is 17.6 Å². The van der Waals surface area contributed by atoms with Gasteiger partial charge in [0.05, 0.1) is 6.26 Å². The van der Waals surface area contributed by atoms with Gasteiger partial charge in [0.15, 0.2) is 6.10 Å². The summed E-state index contributed by atoms with van der Waals surface area (Å²) in [6.45, 7) is 0. The Kier molecular flexibility index (Phi) is 4.19. The van der Waals surface area contributed by atoms with Crippen LogP contribution in [-0.2, 0) is 19.1 Å². The molecule has 0 spiro atoms. The van der Waals surface area contributed by atoms with Gasteiger partial charge in [-0.15, -0.1) is 0 Å². The average Bonchev–Trinajstić information content (AvgIpc) is 2.25. The van der Waals surface area contributed by atoms with E-state index in [0.717, 1.165) is 18.4 Å². The van der Waals surface area contributed by atoms with E-state index in [0.29, 0.717) is 0 Å². The van der Waals surface area contributed by atoms with Gasteiger partial charge in [-0.05, 0) is 17.7 Å². The van der Waals surface area contributed by atoms with Gasteiger partial charge in [0.2, 0.25) is 0 Å². The van der Waals surface area contributed by atoms with Gasteiger partial charge in [-0.2, -0.15) is 8.42 Å². The summed E-state index contributed by atoms with van der Waals surface area (Å²) in [5.41, 5.74) is 0.260. The van der Waals surface area contributed by atoms with Crippen molar-refractivity contribution in [3.63, 3.8) is 0 Å². The highest BCUT2D eigenvalue weighted by Gasteiger charge is 2.24. The number of hydrogen-bond acceptors (Lipinski definition) is 4. The van der Waals surface area contributed by atoms with E-state index in [-0.39, 0.29) is 5.56 Å². The number of rotatable bonds is 4. The molecule has 1 aromatic carbocycles. The van der Waals surface area contributed by atoms with Crippen molar-refractivity contribution in [3.05, 3.63) is 35.6 Å². The highest BCUT2D eigenvalue weighted by molar-refractivity contribution is 7.86. The summed E-state index contributed by atoms with van der Waals surface area (Å²) in [6, 6.07) is 4.83. The van der Waals surface area contributed by atoms with Crippen molar-refractivity contribution in [2.75, 3.05) is 13.3 Å². The SMILES string of the molecule is CNC(=O)C(OS(C)(=O)=O)c1ccc(F)cc1. The first-order chi connectivity index (χ1) is 7.83.